The molecule has 0 radical (unpaired) electrons. The van der Waals surface area contributed by atoms with E-state index >= 15 is 0 Å². The van der Waals surface area contributed by atoms with Crippen molar-refractivity contribution in [3.63, 3.8) is 0 Å². The van der Waals surface area contributed by atoms with Crippen molar-refractivity contribution in [1.29, 1.82) is 0 Å². The van der Waals surface area contributed by atoms with Crippen LogP contribution in [0.15, 0.2) is 24.3 Å². The summed E-state index contributed by atoms with van der Waals surface area (Å²) in [6, 6.07) is 7.72. The molecule has 1 aromatic heterocycles. The topological polar surface area (TPSA) is 81.9 Å². The lowest BCUT2D eigenvalue weighted by Crippen LogP contribution is -2.44. The number of nitrogens with two attached hydrogens (primary N) is 1. The summed E-state index contributed by atoms with van der Waals surface area (Å²) in [5, 5.41) is 0.904. The number of primary amides is 1. The van der Waals surface area contributed by atoms with Crippen molar-refractivity contribution in [3.05, 3.63) is 29.1 Å². The van der Waals surface area contributed by atoms with Crippen molar-refractivity contribution in [1.82, 2.24) is 4.90 Å². The van der Waals surface area contributed by atoms with E-state index in [0.29, 0.717) is 36.6 Å². The van der Waals surface area contributed by atoms with Crippen LogP contribution in [0, 0.1) is 0 Å². The fourth-order valence-electron chi connectivity index (χ4n) is 2.95. The summed E-state index contributed by atoms with van der Waals surface area (Å²) in [5.74, 6) is 0.0845. The minimum absolute atomic E-state index is 0.0650. The highest BCUT2D eigenvalue weighted by Gasteiger charge is 2.29. The van der Waals surface area contributed by atoms with E-state index in [4.69, 9.17) is 15.2 Å². The van der Waals surface area contributed by atoms with Crippen LogP contribution in [0.4, 0.5) is 4.79 Å². The van der Waals surface area contributed by atoms with Gasteiger partial charge in [-0.05, 0) is 32.9 Å². The van der Waals surface area contributed by atoms with Gasteiger partial charge in [-0.3, -0.25) is 4.79 Å². The molecule has 1 aliphatic rings. The van der Waals surface area contributed by atoms with Crippen molar-refractivity contribution >= 4 is 33.4 Å². The zero-order valence-corrected chi connectivity index (χ0v) is 16.1. The maximum absolute atomic E-state index is 12.2. The third-order valence-corrected chi connectivity index (χ3v) is 5.32. The number of ether oxygens (including phenoxy) is 2. The summed E-state index contributed by atoms with van der Waals surface area (Å²) < 4.78 is 12.5. The summed E-state index contributed by atoms with van der Waals surface area (Å²) in [6.07, 6.45) is 1.00. The lowest BCUT2D eigenvalue weighted by atomic mass is 10.1. The van der Waals surface area contributed by atoms with Crippen LogP contribution in [0.2, 0.25) is 0 Å². The molecule has 2 N–H and O–H groups in total. The lowest BCUT2D eigenvalue weighted by Gasteiger charge is -2.33. The first-order valence-electron chi connectivity index (χ1n) is 8.70. The third-order valence-electron chi connectivity index (χ3n) is 4.15. The second kappa shape index (κ2) is 7.15. The monoisotopic (exact) mass is 376 g/mol. The molecular weight excluding hydrogens is 352 g/mol. The Morgan fingerprint density at radius 3 is 2.46 bits per heavy atom. The quantitative estimate of drug-likeness (QED) is 0.884. The SMILES string of the molecule is CC(C)(C)OC(=O)N1CCC(Oc2c(C(N)=O)sc3ccccc23)CC1. The van der Waals surface area contributed by atoms with Crippen molar-refractivity contribution in [3.8, 4) is 5.75 Å². The molecule has 1 fully saturated rings. The molecule has 0 unspecified atom stereocenters. The molecule has 140 valence electrons. The molecule has 1 saturated heterocycles. The van der Waals surface area contributed by atoms with Crippen molar-refractivity contribution in [2.24, 2.45) is 5.73 Å². The molecule has 7 heteroatoms. The Labute approximate surface area is 156 Å². The molecule has 2 amide bonds. The maximum atomic E-state index is 12.2. The summed E-state index contributed by atoms with van der Waals surface area (Å²) in [4.78, 5) is 26.1. The van der Waals surface area contributed by atoms with Gasteiger partial charge in [0.25, 0.3) is 5.91 Å². The van der Waals surface area contributed by atoms with Crippen molar-refractivity contribution in [2.45, 2.75) is 45.3 Å². The Balaban J connectivity index is 1.69. The number of thiophene rings is 1. The van der Waals surface area contributed by atoms with E-state index in [0.717, 1.165) is 10.1 Å². The number of likely N-dealkylation sites (tertiary alicyclic amines) is 1. The van der Waals surface area contributed by atoms with Gasteiger partial charge >= 0.3 is 6.09 Å². The Bertz CT molecular complexity index is 817. The summed E-state index contributed by atoms with van der Waals surface area (Å²) in [6.45, 7) is 6.69. The Morgan fingerprint density at radius 2 is 1.85 bits per heavy atom. The molecule has 0 atom stereocenters. The zero-order chi connectivity index (χ0) is 18.9. The van der Waals surface area contributed by atoms with Gasteiger partial charge in [-0.25, -0.2) is 4.79 Å². The first kappa shape index (κ1) is 18.5. The summed E-state index contributed by atoms with van der Waals surface area (Å²) >= 11 is 1.35. The fourth-order valence-corrected chi connectivity index (χ4v) is 3.94. The zero-order valence-electron chi connectivity index (χ0n) is 15.3. The average Bonchev–Trinajstić information content (AvgIpc) is 2.93. The van der Waals surface area contributed by atoms with Crippen LogP contribution in [0.25, 0.3) is 10.1 Å². The number of nitrogens with zero attached hydrogens (tertiary/aromatic N) is 1. The van der Waals surface area contributed by atoms with Crippen LogP contribution < -0.4 is 10.5 Å². The highest BCUT2D eigenvalue weighted by atomic mass is 32.1. The fraction of sp³-hybridized carbons (Fsp3) is 0.474. The number of benzene rings is 1. The number of piperidine rings is 1. The van der Waals surface area contributed by atoms with Gasteiger partial charge in [0.1, 0.15) is 16.6 Å². The van der Waals surface area contributed by atoms with Crippen LogP contribution in [0.1, 0.15) is 43.3 Å². The second-order valence-corrected chi connectivity index (χ2v) is 8.46. The van der Waals surface area contributed by atoms with Gasteiger partial charge in [0.15, 0.2) is 5.75 Å². The number of fused-ring (bicyclic) bond motifs is 1. The van der Waals surface area contributed by atoms with Gasteiger partial charge in [-0.15, -0.1) is 11.3 Å². The van der Waals surface area contributed by atoms with Gasteiger partial charge in [-0.2, -0.15) is 0 Å². The molecule has 26 heavy (non-hydrogen) atoms. The van der Waals surface area contributed by atoms with E-state index in [-0.39, 0.29) is 12.2 Å². The average molecular weight is 376 g/mol. The summed E-state index contributed by atoms with van der Waals surface area (Å²) in [5.41, 5.74) is 5.02. The minimum atomic E-state index is -0.504. The number of rotatable bonds is 3. The first-order valence-corrected chi connectivity index (χ1v) is 9.52. The van der Waals surface area contributed by atoms with Crippen LogP contribution in [-0.4, -0.2) is 41.7 Å². The van der Waals surface area contributed by atoms with Crippen LogP contribution in [0.5, 0.6) is 5.75 Å². The molecule has 6 nitrogen and oxygen atoms in total. The number of hydrogen-bond donors (Lipinski definition) is 1. The van der Waals surface area contributed by atoms with Gasteiger partial charge in [0.05, 0.1) is 0 Å². The number of carbonyl (C=O) groups is 2. The van der Waals surface area contributed by atoms with E-state index in [2.05, 4.69) is 0 Å². The molecule has 0 saturated carbocycles. The molecule has 0 bridgehead atoms. The predicted molar refractivity (Wildman–Crippen MR) is 102 cm³/mol. The maximum Gasteiger partial charge on any atom is 0.410 e. The second-order valence-electron chi connectivity index (χ2n) is 7.41. The van der Waals surface area contributed by atoms with Gasteiger partial charge in [0, 0.05) is 36.0 Å². The molecule has 2 aromatic rings. The lowest BCUT2D eigenvalue weighted by molar-refractivity contribution is 0.0128. The molecule has 1 aromatic carbocycles. The Hall–Kier alpha value is -2.28. The molecule has 3 rings (SSSR count). The van der Waals surface area contributed by atoms with E-state index in [1.54, 1.807) is 4.90 Å². The van der Waals surface area contributed by atoms with Gasteiger partial charge < -0.3 is 20.1 Å². The largest absolute Gasteiger partial charge is 0.488 e. The molecular formula is C19H24N2O4S. The third kappa shape index (κ3) is 4.09. The Morgan fingerprint density at radius 1 is 1.19 bits per heavy atom. The van der Waals surface area contributed by atoms with Crippen molar-refractivity contribution in [2.75, 3.05) is 13.1 Å². The molecule has 2 heterocycles. The van der Waals surface area contributed by atoms with E-state index < -0.39 is 11.5 Å². The first-order chi connectivity index (χ1) is 12.2. The molecule has 0 spiro atoms. The highest BCUT2D eigenvalue weighted by Crippen LogP contribution is 2.38. The van der Waals surface area contributed by atoms with Crippen LogP contribution >= 0.6 is 11.3 Å². The van der Waals surface area contributed by atoms with E-state index in [1.807, 2.05) is 45.0 Å². The normalized spacial score (nSPS) is 15.9. The predicted octanol–water partition coefficient (Wildman–Crippen LogP) is 3.78. The number of amides is 2. The Kier molecular flexibility index (Phi) is 5.09. The number of hydrogen-bond acceptors (Lipinski definition) is 5. The smallest absolute Gasteiger partial charge is 0.410 e. The van der Waals surface area contributed by atoms with Crippen LogP contribution in [0.3, 0.4) is 0 Å². The van der Waals surface area contributed by atoms with Crippen molar-refractivity contribution < 1.29 is 19.1 Å². The number of carbonyl (C=O) groups excluding carboxylic acids is 2. The van der Waals surface area contributed by atoms with Gasteiger partial charge in [0.2, 0.25) is 0 Å². The minimum Gasteiger partial charge on any atom is -0.488 e. The van der Waals surface area contributed by atoms with E-state index in [1.165, 1.54) is 11.3 Å². The van der Waals surface area contributed by atoms with E-state index in [9.17, 15) is 9.59 Å². The summed E-state index contributed by atoms with van der Waals surface area (Å²) in [7, 11) is 0. The standard InChI is InChI=1S/C19H24N2O4S/c1-19(2,3)25-18(23)21-10-8-12(9-11-21)24-15-13-6-4-5-7-14(13)26-16(15)17(20)22/h4-7,12H,8-11H2,1-3H3,(H2,20,22). The van der Waals surface area contributed by atoms with Crippen LogP contribution in [-0.2, 0) is 4.74 Å². The molecule has 1 aliphatic heterocycles. The highest BCUT2D eigenvalue weighted by molar-refractivity contribution is 7.21. The molecule has 0 aliphatic carbocycles. The van der Waals surface area contributed by atoms with Gasteiger partial charge in [-0.1, -0.05) is 12.1 Å².